The Hall–Kier alpha value is -2.97. The number of aliphatic hydroxyl groups is 1. The Kier molecular flexibility index (Phi) is 8.38. The molecule has 2 rings (SSSR count). The van der Waals surface area contributed by atoms with Crippen LogP contribution in [0.3, 0.4) is 0 Å². The van der Waals surface area contributed by atoms with Gasteiger partial charge in [-0.05, 0) is 23.8 Å². The summed E-state index contributed by atoms with van der Waals surface area (Å²) >= 11 is 0. The van der Waals surface area contributed by atoms with Crippen molar-refractivity contribution in [2.24, 2.45) is 0 Å². The van der Waals surface area contributed by atoms with Gasteiger partial charge in [0.15, 0.2) is 0 Å². The van der Waals surface area contributed by atoms with Crippen LogP contribution in [0, 0.1) is 0 Å². The van der Waals surface area contributed by atoms with Crippen molar-refractivity contribution in [1.29, 1.82) is 0 Å². The van der Waals surface area contributed by atoms with Crippen LogP contribution in [0.1, 0.15) is 24.2 Å². The molecule has 28 heavy (non-hydrogen) atoms. The quantitative estimate of drug-likeness (QED) is 0.454. The summed E-state index contributed by atoms with van der Waals surface area (Å²) in [7, 11) is 1.61. The Balaban J connectivity index is 1.66. The van der Waals surface area contributed by atoms with E-state index in [1.807, 2.05) is 24.3 Å². The van der Waals surface area contributed by atoms with E-state index >= 15 is 0 Å². The average molecular weight is 386 g/mol. The van der Waals surface area contributed by atoms with Crippen molar-refractivity contribution < 1.29 is 19.4 Å². The molecule has 1 aromatic carbocycles. The van der Waals surface area contributed by atoms with Gasteiger partial charge in [0.2, 0.25) is 11.8 Å². The maximum Gasteiger partial charge on any atom is 0.224 e. The van der Waals surface area contributed by atoms with Crippen LogP contribution < -0.4 is 20.7 Å². The lowest BCUT2D eigenvalue weighted by Gasteiger charge is -2.13. The summed E-state index contributed by atoms with van der Waals surface area (Å²) in [6.45, 7) is 2.78. The largest absolute Gasteiger partial charge is 0.492 e. The molecule has 1 aromatic heterocycles. The molecule has 0 saturated carbocycles. The highest BCUT2D eigenvalue weighted by Gasteiger charge is 2.08. The lowest BCUT2D eigenvalue weighted by molar-refractivity contribution is -0.120. The van der Waals surface area contributed by atoms with Crippen molar-refractivity contribution in [2.45, 2.75) is 19.4 Å². The number of ether oxygens (including phenoxy) is 1. The van der Waals surface area contributed by atoms with Crippen molar-refractivity contribution in [2.75, 3.05) is 32.1 Å². The summed E-state index contributed by atoms with van der Waals surface area (Å²) in [5.74, 6) is 0.951. The monoisotopic (exact) mass is 386 g/mol. The van der Waals surface area contributed by atoms with Crippen LogP contribution in [0.2, 0.25) is 0 Å². The number of benzene rings is 1. The Morgan fingerprint density at radius 1 is 1.18 bits per heavy atom. The Morgan fingerprint density at radius 2 is 1.93 bits per heavy atom. The van der Waals surface area contributed by atoms with E-state index in [-0.39, 0.29) is 11.8 Å². The molecular weight excluding hydrogens is 360 g/mol. The van der Waals surface area contributed by atoms with Crippen LogP contribution in [0.25, 0.3) is 0 Å². The molecule has 0 bridgehead atoms. The summed E-state index contributed by atoms with van der Waals surface area (Å²) in [6, 6.07) is 10.8. The summed E-state index contributed by atoms with van der Waals surface area (Å²) in [6.07, 6.45) is 1.17. The predicted octanol–water partition coefficient (Wildman–Crippen LogP) is 1.03. The standard InChI is InChI=1S/C20H26N4O4/c1-14(25)24-19-8-5-16(12-23-19)18(26)13-22-9-10-28-17-6-3-15(4-7-17)11-20(27)21-2/h3-8,12,18,22,26H,9-11,13H2,1-2H3,(H,21,27)(H,23,24,25). The molecule has 4 N–H and O–H groups in total. The van der Waals surface area contributed by atoms with Crippen LogP contribution in [-0.4, -0.2) is 48.6 Å². The number of amides is 2. The Bertz CT molecular complexity index is 763. The molecule has 1 heterocycles. The topological polar surface area (TPSA) is 113 Å². The molecule has 0 fully saturated rings. The number of nitrogens with zero attached hydrogens (tertiary/aromatic N) is 1. The third-order valence-electron chi connectivity index (χ3n) is 3.93. The number of carbonyl (C=O) groups is 2. The van der Waals surface area contributed by atoms with Gasteiger partial charge in [-0.25, -0.2) is 4.98 Å². The second kappa shape index (κ2) is 11.0. The SMILES string of the molecule is CNC(=O)Cc1ccc(OCCNCC(O)c2ccc(NC(C)=O)nc2)cc1. The van der Waals surface area contributed by atoms with Gasteiger partial charge in [-0.1, -0.05) is 18.2 Å². The summed E-state index contributed by atoms with van der Waals surface area (Å²) < 4.78 is 5.64. The van der Waals surface area contributed by atoms with E-state index in [2.05, 4.69) is 20.9 Å². The molecule has 0 aliphatic rings. The smallest absolute Gasteiger partial charge is 0.224 e. The zero-order chi connectivity index (χ0) is 20.4. The first-order valence-electron chi connectivity index (χ1n) is 9.02. The van der Waals surface area contributed by atoms with E-state index in [1.165, 1.54) is 13.1 Å². The number of aliphatic hydroxyl groups excluding tert-OH is 1. The average Bonchev–Trinajstić information content (AvgIpc) is 2.68. The van der Waals surface area contributed by atoms with E-state index in [4.69, 9.17) is 4.74 Å². The summed E-state index contributed by atoms with van der Waals surface area (Å²) in [5, 5.41) is 18.5. The maximum atomic E-state index is 11.3. The number of likely N-dealkylation sites (N-methyl/N-ethyl adjacent to an activating group) is 1. The third-order valence-corrected chi connectivity index (χ3v) is 3.93. The molecule has 1 atom stereocenters. The van der Waals surface area contributed by atoms with Gasteiger partial charge in [-0.3, -0.25) is 9.59 Å². The molecule has 2 amide bonds. The van der Waals surface area contributed by atoms with Gasteiger partial charge in [0, 0.05) is 38.8 Å². The molecule has 0 aliphatic heterocycles. The van der Waals surface area contributed by atoms with Gasteiger partial charge in [0.1, 0.15) is 18.2 Å². The van der Waals surface area contributed by atoms with Crippen molar-refractivity contribution in [3.63, 3.8) is 0 Å². The highest BCUT2D eigenvalue weighted by Crippen LogP contribution is 2.14. The minimum atomic E-state index is -0.706. The van der Waals surface area contributed by atoms with Gasteiger partial charge in [0.05, 0.1) is 12.5 Å². The van der Waals surface area contributed by atoms with Gasteiger partial charge < -0.3 is 25.8 Å². The molecule has 0 radical (unpaired) electrons. The van der Waals surface area contributed by atoms with E-state index < -0.39 is 6.10 Å². The second-order valence-electron chi connectivity index (χ2n) is 6.22. The van der Waals surface area contributed by atoms with Crippen molar-refractivity contribution in [1.82, 2.24) is 15.6 Å². The number of rotatable bonds is 10. The Labute approximate surface area is 164 Å². The zero-order valence-electron chi connectivity index (χ0n) is 16.1. The first-order valence-corrected chi connectivity index (χ1v) is 9.02. The third kappa shape index (κ3) is 7.34. The molecule has 150 valence electrons. The van der Waals surface area contributed by atoms with Crippen LogP contribution in [0.4, 0.5) is 5.82 Å². The minimum absolute atomic E-state index is 0.0311. The molecule has 1 unspecified atom stereocenters. The molecule has 8 heteroatoms. The lowest BCUT2D eigenvalue weighted by Crippen LogP contribution is -2.26. The van der Waals surface area contributed by atoms with Gasteiger partial charge >= 0.3 is 0 Å². The van der Waals surface area contributed by atoms with Gasteiger partial charge in [0.25, 0.3) is 0 Å². The highest BCUT2D eigenvalue weighted by molar-refractivity contribution is 5.87. The van der Waals surface area contributed by atoms with Crippen LogP contribution in [-0.2, 0) is 16.0 Å². The predicted molar refractivity (Wildman–Crippen MR) is 106 cm³/mol. The molecule has 0 spiro atoms. The minimum Gasteiger partial charge on any atom is -0.492 e. The first-order chi connectivity index (χ1) is 13.5. The fourth-order valence-electron chi connectivity index (χ4n) is 2.43. The fraction of sp³-hybridized carbons (Fsp3) is 0.350. The molecular formula is C20H26N4O4. The van der Waals surface area contributed by atoms with E-state index in [1.54, 1.807) is 19.2 Å². The van der Waals surface area contributed by atoms with Crippen LogP contribution >= 0.6 is 0 Å². The van der Waals surface area contributed by atoms with E-state index in [0.29, 0.717) is 37.5 Å². The number of carbonyl (C=O) groups excluding carboxylic acids is 2. The number of nitrogens with one attached hydrogen (secondary N) is 3. The molecule has 0 saturated heterocycles. The van der Waals surface area contributed by atoms with E-state index in [0.717, 1.165) is 11.3 Å². The van der Waals surface area contributed by atoms with Gasteiger partial charge in [-0.2, -0.15) is 0 Å². The summed E-state index contributed by atoms with van der Waals surface area (Å²) in [4.78, 5) is 26.4. The fourth-order valence-corrected chi connectivity index (χ4v) is 2.43. The number of aromatic nitrogens is 1. The molecule has 8 nitrogen and oxygen atoms in total. The molecule has 2 aromatic rings. The van der Waals surface area contributed by atoms with E-state index in [9.17, 15) is 14.7 Å². The first kappa shape index (κ1) is 21.3. The number of hydrogen-bond acceptors (Lipinski definition) is 6. The summed E-state index contributed by atoms with van der Waals surface area (Å²) in [5.41, 5.74) is 1.58. The number of pyridine rings is 1. The maximum absolute atomic E-state index is 11.3. The van der Waals surface area contributed by atoms with Crippen molar-refractivity contribution >= 4 is 17.6 Å². The van der Waals surface area contributed by atoms with Crippen molar-refractivity contribution in [3.05, 3.63) is 53.7 Å². The second-order valence-corrected chi connectivity index (χ2v) is 6.22. The normalized spacial score (nSPS) is 11.5. The van der Waals surface area contributed by atoms with Crippen LogP contribution in [0.5, 0.6) is 5.75 Å². The highest BCUT2D eigenvalue weighted by atomic mass is 16.5. The number of anilines is 1. The zero-order valence-corrected chi connectivity index (χ0v) is 16.1. The Morgan fingerprint density at radius 3 is 2.54 bits per heavy atom. The van der Waals surface area contributed by atoms with Crippen LogP contribution in [0.15, 0.2) is 42.6 Å². The van der Waals surface area contributed by atoms with Crippen molar-refractivity contribution in [3.8, 4) is 5.75 Å². The lowest BCUT2D eigenvalue weighted by atomic mass is 10.1. The molecule has 0 aliphatic carbocycles. The number of hydrogen-bond donors (Lipinski definition) is 4. The van der Waals surface area contributed by atoms with Gasteiger partial charge in [-0.15, -0.1) is 0 Å².